The van der Waals surface area contributed by atoms with E-state index in [1.807, 2.05) is 37.3 Å². The molecule has 1 unspecified atom stereocenters. The van der Waals surface area contributed by atoms with Crippen LogP contribution < -0.4 is 0 Å². The molecule has 27 heavy (non-hydrogen) atoms. The van der Waals surface area contributed by atoms with Crippen molar-refractivity contribution in [1.29, 1.82) is 0 Å². The first kappa shape index (κ1) is 20.1. The minimum Gasteiger partial charge on any atom is -0.458 e. The Kier molecular flexibility index (Phi) is 6.41. The Bertz CT molecular complexity index is 651. The van der Waals surface area contributed by atoms with E-state index in [1.165, 1.54) is 12.8 Å². The molecule has 2 aliphatic rings. The summed E-state index contributed by atoms with van der Waals surface area (Å²) >= 11 is 0. The molecule has 0 amide bonds. The standard InChI is InChI=1S/C24H34O3/c1-17(9-7-10-18(2)25)20-14-15-21-22(13-8-16-24(20,21)3)27-23(26)19-11-5-4-6-12-19/h4-7,9,11-12,17-18,20-22,25H,8,10,13-16H2,1-3H3/b9-7+/t17-,18-,20-,21+,22?,24-/m1/s1. The summed E-state index contributed by atoms with van der Waals surface area (Å²) in [5.74, 6) is 1.38. The van der Waals surface area contributed by atoms with Crippen molar-refractivity contribution in [3.63, 3.8) is 0 Å². The molecule has 0 heterocycles. The normalized spacial score (nSPS) is 32.8. The molecular weight excluding hydrogens is 336 g/mol. The summed E-state index contributed by atoms with van der Waals surface area (Å²) in [5, 5.41) is 9.48. The molecule has 1 N–H and O–H groups in total. The summed E-state index contributed by atoms with van der Waals surface area (Å²) in [7, 11) is 0. The van der Waals surface area contributed by atoms with Crippen LogP contribution in [0.25, 0.3) is 0 Å². The van der Waals surface area contributed by atoms with Crippen LogP contribution in [0.15, 0.2) is 42.5 Å². The molecule has 0 spiro atoms. The van der Waals surface area contributed by atoms with Crippen LogP contribution in [-0.4, -0.2) is 23.3 Å². The second-order valence-corrected chi connectivity index (χ2v) is 8.87. The van der Waals surface area contributed by atoms with E-state index in [9.17, 15) is 9.90 Å². The van der Waals surface area contributed by atoms with E-state index in [4.69, 9.17) is 4.74 Å². The van der Waals surface area contributed by atoms with Gasteiger partial charge in [-0.2, -0.15) is 0 Å². The lowest BCUT2D eigenvalue weighted by Gasteiger charge is -2.45. The van der Waals surface area contributed by atoms with Crippen molar-refractivity contribution in [2.45, 2.75) is 71.5 Å². The number of carbonyl (C=O) groups is 1. The van der Waals surface area contributed by atoms with Crippen LogP contribution in [0.4, 0.5) is 0 Å². The minimum atomic E-state index is -0.281. The van der Waals surface area contributed by atoms with E-state index < -0.39 is 0 Å². The lowest BCUT2D eigenvalue weighted by Crippen LogP contribution is -2.43. The number of hydrogen-bond donors (Lipinski definition) is 1. The highest BCUT2D eigenvalue weighted by atomic mass is 16.5. The van der Waals surface area contributed by atoms with E-state index in [-0.39, 0.29) is 23.6 Å². The van der Waals surface area contributed by atoms with Gasteiger partial charge in [0.2, 0.25) is 0 Å². The van der Waals surface area contributed by atoms with Gasteiger partial charge >= 0.3 is 5.97 Å². The van der Waals surface area contributed by atoms with E-state index in [0.29, 0.717) is 29.7 Å². The van der Waals surface area contributed by atoms with Crippen molar-refractivity contribution < 1.29 is 14.6 Å². The molecule has 0 saturated heterocycles. The topological polar surface area (TPSA) is 46.5 Å². The van der Waals surface area contributed by atoms with Crippen molar-refractivity contribution in [3.8, 4) is 0 Å². The maximum atomic E-state index is 12.6. The summed E-state index contributed by atoms with van der Waals surface area (Å²) in [5.41, 5.74) is 0.878. The van der Waals surface area contributed by atoms with Gasteiger partial charge in [-0.05, 0) is 74.8 Å². The highest BCUT2D eigenvalue weighted by molar-refractivity contribution is 5.89. The fourth-order valence-corrected chi connectivity index (χ4v) is 5.57. The van der Waals surface area contributed by atoms with Gasteiger partial charge in [0.1, 0.15) is 6.10 Å². The first-order chi connectivity index (χ1) is 12.9. The monoisotopic (exact) mass is 370 g/mol. The fourth-order valence-electron chi connectivity index (χ4n) is 5.57. The third kappa shape index (κ3) is 4.45. The van der Waals surface area contributed by atoms with Gasteiger partial charge in [-0.15, -0.1) is 0 Å². The number of benzene rings is 1. The maximum absolute atomic E-state index is 12.6. The van der Waals surface area contributed by atoms with Crippen LogP contribution >= 0.6 is 0 Å². The molecule has 1 aromatic rings. The van der Waals surface area contributed by atoms with Gasteiger partial charge in [-0.25, -0.2) is 4.79 Å². The molecule has 0 bridgehead atoms. The quantitative estimate of drug-likeness (QED) is 0.539. The number of allylic oxidation sites excluding steroid dienone is 1. The number of aliphatic hydroxyl groups is 1. The summed E-state index contributed by atoms with van der Waals surface area (Å²) in [4.78, 5) is 12.6. The van der Waals surface area contributed by atoms with Crippen molar-refractivity contribution in [2.75, 3.05) is 0 Å². The Morgan fingerprint density at radius 1 is 1.26 bits per heavy atom. The second kappa shape index (κ2) is 8.60. The molecular formula is C24H34O3. The zero-order chi connectivity index (χ0) is 19.4. The zero-order valence-electron chi connectivity index (χ0n) is 16.9. The summed E-state index contributed by atoms with van der Waals surface area (Å²) in [6.07, 6.45) is 10.5. The van der Waals surface area contributed by atoms with Crippen molar-refractivity contribution in [2.24, 2.45) is 23.2 Å². The molecule has 3 nitrogen and oxygen atoms in total. The predicted octanol–water partition coefficient (Wildman–Crippen LogP) is 5.39. The zero-order valence-corrected chi connectivity index (χ0v) is 16.9. The van der Waals surface area contributed by atoms with Gasteiger partial charge in [-0.1, -0.05) is 44.2 Å². The fraction of sp³-hybridized carbons (Fsp3) is 0.625. The second-order valence-electron chi connectivity index (χ2n) is 8.87. The third-order valence-corrected chi connectivity index (χ3v) is 6.96. The first-order valence-electron chi connectivity index (χ1n) is 10.5. The van der Waals surface area contributed by atoms with E-state index in [1.54, 1.807) is 0 Å². The lowest BCUT2D eigenvalue weighted by atomic mass is 9.62. The molecule has 148 valence electrons. The van der Waals surface area contributed by atoms with E-state index >= 15 is 0 Å². The van der Waals surface area contributed by atoms with Gasteiger partial charge in [0, 0.05) is 5.92 Å². The van der Waals surface area contributed by atoms with Crippen molar-refractivity contribution >= 4 is 5.97 Å². The molecule has 3 rings (SSSR count). The molecule has 2 fully saturated rings. The summed E-state index contributed by atoms with van der Waals surface area (Å²) < 4.78 is 6.01. The number of rotatable bonds is 6. The highest BCUT2D eigenvalue weighted by Crippen LogP contribution is 2.58. The molecule has 0 radical (unpaired) electrons. The van der Waals surface area contributed by atoms with Crippen molar-refractivity contribution in [1.82, 2.24) is 0 Å². The van der Waals surface area contributed by atoms with Crippen molar-refractivity contribution in [3.05, 3.63) is 48.0 Å². The van der Waals surface area contributed by atoms with Gasteiger partial charge in [-0.3, -0.25) is 0 Å². The Balaban J connectivity index is 1.68. The van der Waals surface area contributed by atoms with Gasteiger partial charge in [0.15, 0.2) is 0 Å². The third-order valence-electron chi connectivity index (χ3n) is 6.96. The first-order valence-corrected chi connectivity index (χ1v) is 10.5. The van der Waals surface area contributed by atoms with Crippen LogP contribution in [0.2, 0.25) is 0 Å². The van der Waals surface area contributed by atoms with Gasteiger partial charge in [0.05, 0.1) is 11.7 Å². The lowest BCUT2D eigenvalue weighted by molar-refractivity contribution is -0.0444. The average Bonchev–Trinajstić information content (AvgIpc) is 3.00. The van der Waals surface area contributed by atoms with Crippen LogP contribution in [0.1, 0.15) is 69.7 Å². The summed E-state index contributed by atoms with van der Waals surface area (Å²) in [6.45, 7) is 6.54. The smallest absolute Gasteiger partial charge is 0.338 e. The van der Waals surface area contributed by atoms with Gasteiger partial charge < -0.3 is 9.84 Å². The molecule has 2 aliphatic carbocycles. The van der Waals surface area contributed by atoms with Crippen LogP contribution in [0.3, 0.4) is 0 Å². The SMILES string of the molecule is C[C@H](/C=C/C[C@@H](C)O)[C@H]1CC[C@H]2C(OC(=O)c3ccccc3)CCC[C@]12C. The Morgan fingerprint density at radius 2 is 2.00 bits per heavy atom. The number of esters is 1. The number of aliphatic hydroxyl groups excluding tert-OH is 1. The number of hydrogen-bond acceptors (Lipinski definition) is 3. The highest BCUT2D eigenvalue weighted by Gasteiger charge is 2.53. The molecule has 2 saturated carbocycles. The Hall–Kier alpha value is -1.61. The molecule has 6 atom stereocenters. The number of fused-ring (bicyclic) bond motifs is 1. The molecule has 0 aliphatic heterocycles. The number of ether oxygens (including phenoxy) is 1. The van der Waals surface area contributed by atoms with Gasteiger partial charge in [0.25, 0.3) is 0 Å². The summed E-state index contributed by atoms with van der Waals surface area (Å²) in [6, 6.07) is 9.35. The maximum Gasteiger partial charge on any atom is 0.338 e. The molecule has 0 aromatic heterocycles. The average molecular weight is 371 g/mol. The minimum absolute atomic E-state index is 0.0371. The molecule has 1 aromatic carbocycles. The Labute approximate surface area is 163 Å². The molecule has 3 heteroatoms. The predicted molar refractivity (Wildman–Crippen MR) is 108 cm³/mol. The largest absolute Gasteiger partial charge is 0.458 e. The van der Waals surface area contributed by atoms with Crippen LogP contribution in [0.5, 0.6) is 0 Å². The van der Waals surface area contributed by atoms with E-state index in [2.05, 4.69) is 26.0 Å². The van der Waals surface area contributed by atoms with Crippen LogP contribution in [-0.2, 0) is 4.74 Å². The van der Waals surface area contributed by atoms with Crippen LogP contribution in [0, 0.1) is 23.2 Å². The Morgan fingerprint density at radius 3 is 2.70 bits per heavy atom. The number of carbonyl (C=O) groups excluding carboxylic acids is 1. The van der Waals surface area contributed by atoms with E-state index in [0.717, 1.165) is 19.3 Å².